The molecular formula is C13H10BrFN2O. The van der Waals surface area contributed by atoms with Crippen LogP contribution in [0.3, 0.4) is 0 Å². The normalized spacial score (nSPS) is 10.1. The van der Waals surface area contributed by atoms with E-state index in [1.54, 1.807) is 30.3 Å². The van der Waals surface area contributed by atoms with Gasteiger partial charge in [-0.1, -0.05) is 28.1 Å². The van der Waals surface area contributed by atoms with Crippen molar-refractivity contribution in [2.24, 2.45) is 0 Å². The summed E-state index contributed by atoms with van der Waals surface area (Å²) in [4.78, 5) is 12.0. The van der Waals surface area contributed by atoms with Crippen molar-refractivity contribution in [3.05, 3.63) is 58.3 Å². The zero-order valence-electron chi connectivity index (χ0n) is 9.28. The van der Waals surface area contributed by atoms with Gasteiger partial charge in [0, 0.05) is 10.2 Å². The number of para-hydroxylation sites is 1. The van der Waals surface area contributed by atoms with Crippen LogP contribution in [0.2, 0.25) is 0 Å². The number of amides is 1. The number of nitrogens with one attached hydrogen (secondary N) is 1. The van der Waals surface area contributed by atoms with Gasteiger partial charge >= 0.3 is 0 Å². The Bertz CT molecular complexity index is 601. The van der Waals surface area contributed by atoms with E-state index in [0.717, 1.165) is 4.47 Å². The molecule has 0 aliphatic rings. The average Bonchev–Trinajstić information content (AvgIpc) is 2.35. The summed E-state index contributed by atoms with van der Waals surface area (Å²) in [5, 5.41) is 2.48. The van der Waals surface area contributed by atoms with Crippen molar-refractivity contribution in [1.29, 1.82) is 0 Å². The molecule has 0 aliphatic carbocycles. The van der Waals surface area contributed by atoms with Gasteiger partial charge in [-0.05, 0) is 30.3 Å². The highest BCUT2D eigenvalue weighted by Gasteiger charge is 2.12. The van der Waals surface area contributed by atoms with E-state index in [1.807, 2.05) is 0 Å². The topological polar surface area (TPSA) is 55.1 Å². The number of hydrogen-bond donors (Lipinski definition) is 2. The first kappa shape index (κ1) is 12.6. The Morgan fingerprint density at radius 3 is 2.67 bits per heavy atom. The number of anilines is 2. The zero-order chi connectivity index (χ0) is 13.1. The van der Waals surface area contributed by atoms with E-state index in [1.165, 1.54) is 12.1 Å². The van der Waals surface area contributed by atoms with Gasteiger partial charge in [-0.3, -0.25) is 4.79 Å². The molecular weight excluding hydrogens is 299 g/mol. The lowest BCUT2D eigenvalue weighted by atomic mass is 10.1. The molecule has 2 aromatic carbocycles. The van der Waals surface area contributed by atoms with E-state index in [0.29, 0.717) is 11.3 Å². The molecule has 5 heteroatoms. The zero-order valence-corrected chi connectivity index (χ0v) is 10.9. The molecule has 0 unspecified atom stereocenters. The van der Waals surface area contributed by atoms with Gasteiger partial charge in [-0.25, -0.2) is 4.39 Å². The van der Waals surface area contributed by atoms with Crippen LogP contribution in [0.5, 0.6) is 0 Å². The second kappa shape index (κ2) is 5.18. The lowest BCUT2D eigenvalue weighted by Gasteiger charge is -2.08. The molecule has 0 spiro atoms. The fourth-order valence-corrected chi connectivity index (χ4v) is 1.84. The maximum absolute atomic E-state index is 13.4. The van der Waals surface area contributed by atoms with E-state index in [9.17, 15) is 9.18 Å². The van der Waals surface area contributed by atoms with Crippen LogP contribution >= 0.6 is 15.9 Å². The van der Waals surface area contributed by atoms with Gasteiger partial charge in [0.05, 0.1) is 11.3 Å². The van der Waals surface area contributed by atoms with Crippen molar-refractivity contribution in [3.63, 3.8) is 0 Å². The first-order chi connectivity index (χ1) is 8.58. The first-order valence-corrected chi connectivity index (χ1v) is 5.98. The number of rotatable bonds is 2. The highest BCUT2D eigenvalue weighted by atomic mass is 79.9. The Morgan fingerprint density at radius 2 is 1.94 bits per heavy atom. The molecule has 92 valence electrons. The molecule has 0 atom stereocenters. The number of hydrogen-bond acceptors (Lipinski definition) is 2. The SMILES string of the molecule is Nc1ccc(Br)cc1C(=O)Nc1ccccc1F. The van der Waals surface area contributed by atoms with Gasteiger partial charge < -0.3 is 11.1 Å². The summed E-state index contributed by atoms with van der Waals surface area (Å²) in [7, 11) is 0. The van der Waals surface area contributed by atoms with Crippen molar-refractivity contribution in [1.82, 2.24) is 0 Å². The lowest BCUT2D eigenvalue weighted by molar-refractivity contribution is 0.102. The van der Waals surface area contributed by atoms with Crippen LogP contribution in [-0.2, 0) is 0 Å². The Morgan fingerprint density at radius 1 is 1.22 bits per heavy atom. The van der Waals surface area contributed by atoms with Gasteiger partial charge in [0.2, 0.25) is 0 Å². The van der Waals surface area contributed by atoms with Crippen LogP contribution in [-0.4, -0.2) is 5.91 Å². The second-order valence-corrected chi connectivity index (χ2v) is 4.58. The van der Waals surface area contributed by atoms with Gasteiger partial charge in [-0.2, -0.15) is 0 Å². The van der Waals surface area contributed by atoms with Crippen LogP contribution in [0.25, 0.3) is 0 Å². The fraction of sp³-hybridized carbons (Fsp3) is 0. The fourth-order valence-electron chi connectivity index (χ4n) is 1.48. The van der Waals surface area contributed by atoms with Crippen LogP contribution in [0, 0.1) is 5.82 Å². The number of benzene rings is 2. The van der Waals surface area contributed by atoms with Gasteiger partial charge in [-0.15, -0.1) is 0 Å². The molecule has 0 saturated carbocycles. The quantitative estimate of drug-likeness (QED) is 0.835. The molecule has 2 rings (SSSR count). The van der Waals surface area contributed by atoms with Crippen LogP contribution in [0.15, 0.2) is 46.9 Å². The molecule has 1 amide bonds. The summed E-state index contributed by atoms with van der Waals surface area (Å²) < 4.78 is 14.1. The number of nitrogen functional groups attached to an aromatic ring is 1. The van der Waals surface area contributed by atoms with Gasteiger partial charge in [0.1, 0.15) is 5.82 Å². The van der Waals surface area contributed by atoms with Crippen molar-refractivity contribution in [2.45, 2.75) is 0 Å². The summed E-state index contributed by atoms with van der Waals surface area (Å²) in [6.45, 7) is 0. The summed E-state index contributed by atoms with van der Waals surface area (Å²) in [6, 6.07) is 10.9. The summed E-state index contributed by atoms with van der Waals surface area (Å²) >= 11 is 3.25. The van der Waals surface area contributed by atoms with E-state index in [2.05, 4.69) is 21.2 Å². The third kappa shape index (κ3) is 2.68. The number of carbonyl (C=O) groups is 1. The standard InChI is InChI=1S/C13H10BrFN2O/c14-8-5-6-11(16)9(7-8)13(18)17-12-4-2-1-3-10(12)15/h1-7H,16H2,(H,17,18). The molecule has 2 aromatic rings. The smallest absolute Gasteiger partial charge is 0.257 e. The van der Waals surface area contributed by atoms with Crippen molar-refractivity contribution in [3.8, 4) is 0 Å². The average molecular weight is 309 g/mol. The molecule has 0 radical (unpaired) electrons. The molecule has 0 aromatic heterocycles. The molecule has 0 saturated heterocycles. The Hall–Kier alpha value is -1.88. The van der Waals surface area contributed by atoms with Gasteiger partial charge in [0.25, 0.3) is 5.91 Å². The first-order valence-electron chi connectivity index (χ1n) is 5.19. The monoisotopic (exact) mass is 308 g/mol. The molecule has 3 nitrogen and oxygen atoms in total. The van der Waals surface area contributed by atoms with Crippen molar-refractivity contribution < 1.29 is 9.18 Å². The Balaban J connectivity index is 2.28. The summed E-state index contributed by atoms with van der Waals surface area (Å²) in [5.74, 6) is -0.932. The minimum Gasteiger partial charge on any atom is -0.398 e. The molecule has 3 N–H and O–H groups in total. The van der Waals surface area contributed by atoms with Crippen molar-refractivity contribution >= 4 is 33.2 Å². The maximum atomic E-state index is 13.4. The third-order valence-electron chi connectivity index (χ3n) is 2.38. The summed E-state index contributed by atoms with van der Waals surface area (Å²) in [5.41, 5.74) is 6.47. The van der Waals surface area contributed by atoms with Crippen molar-refractivity contribution in [2.75, 3.05) is 11.1 Å². The minimum atomic E-state index is -0.487. The number of halogens is 2. The van der Waals surface area contributed by atoms with E-state index in [4.69, 9.17) is 5.73 Å². The Kier molecular flexibility index (Phi) is 3.62. The van der Waals surface area contributed by atoms with E-state index < -0.39 is 11.7 Å². The number of carbonyl (C=O) groups excluding carboxylic acids is 1. The highest BCUT2D eigenvalue weighted by molar-refractivity contribution is 9.10. The van der Waals surface area contributed by atoms with Crippen LogP contribution in [0.1, 0.15) is 10.4 Å². The van der Waals surface area contributed by atoms with E-state index >= 15 is 0 Å². The molecule has 18 heavy (non-hydrogen) atoms. The second-order valence-electron chi connectivity index (χ2n) is 3.67. The predicted octanol–water partition coefficient (Wildman–Crippen LogP) is 3.42. The highest BCUT2D eigenvalue weighted by Crippen LogP contribution is 2.20. The molecule has 0 bridgehead atoms. The molecule has 0 heterocycles. The van der Waals surface area contributed by atoms with Crippen LogP contribution in [0.4, 0.5) is 15.8 Å². The van der Waals surface area contributed by atoms with Crippen LogP contribution < -0.4 is 11.1 Å². The Labute approximate surface area is 112 Å². The maximum Gasteiger partial charge on any atom is 0.257 e. The summed E-state index contributed by atoms with van der Waals surface area (Å²) in [6.07, 6.45) is 0. The van der Waals surface area contributed by atoms with Gasteiger partial charge in [0.15, 0.2) is 0 Å². The third-order valence-corrected chi connectivity index (χ3v) is 2.88. The largest absolute Gasteiger partial charge is 0.398 e. The molecule has 0 aliphatic heterocycles. The van der Waals surface area contributed by atoms with E-state index in [-0.39, 0.29) is 5.69 Å². The predicted molar refractivity (Wildman–Crippen MR) is 72.9 cm³/mol. The lowest BCUT2D eigenvalue weighted by Crippen LogP contribution is -2.14. The molecule has 0 fully saturated rings. The minimum absolute atomic E-state index is 0.127. The number of nitrogens with two attached hydrogens (primary N) is 1.